The van der Waals surface area contributed by atoms with Gasteiger partial charge >= 0.3 is 5.97 Å². The van der Waals surface area contributed by atoms with Crippen LogP contribution in [0.4, 0.5) is 10.1 Å². The smallest absolute Gasteiger partial charge is 0.329 e. The molecule has 0 atom stereocenters. The number of nitrogens with zero attached hydrogens (tertiary/aromatic N) is 1. The molecule has 0 aromatic heterocycles. The van der Waals surface area contributed by atoms with E-state index < -0.39 is 5.97 Å². The molecule has 1 heterocycles. The molecule has 0 bridgehead atoms. The zero-order chi connectivity index (χ0) is 18.1. The summed E-state index contributed by atoms with van der Waals surface area (Å²) in [5.41, 5.74) is 2.40. The van der Waals surface area contributed by atoms with Crippen LogP contribution in [0, 0.1) is 12.7 Å². The second-order valence-electron chi connectivity index (χ2n) is 5.55. The average Bonchev–Trinajstić information content (AvgIpc) is 2.53. The maximum Gasteiger partial charge on any atom is 0.329 e. The number of carboxylic acid groups (broad SMARTS) is 1. The lowest BCUT2D eigenvalue weighted by atomic mass is 10.1. The highest BCUT2D eigenvalue weighted by Gasteiger charge is 2.27. The molecule has 2 aromatic carbocycles. The molecule has 0 amide bonds. The molecule has 0 saturated heterocycles. The summed E-state index contributed by atoms with van der Waals surface area (Å²) in [5, 5.41) is 9.09. The van der Waals surface area contributed by atoms with Crippen molar-refractivity contribution in [3.05, 3.63) is 68.8 Å². The number of benzene rings is 2. The molecule has 0 spiro atoms. The summed E-state index contributed by atoms with van der Waals surface area (Å²) >= 11 is 10.1. The third-order valence-corrected chi connectivity index (χ3v) is 5.84. The molecule has 7 heteroatoms. The van der Waals surface area contributed by atoms with E-state index in [9.17, 15) is 9.18 Å². The monoisotopic (exact) mass is 437 g/mol. The molecule has 2 aromatic rings. The van der Waals surface area contributed by atoms with Crippen LogP contribution in [0.15, 0.2) is 56.7 Å². The summed E-state index contributed by atoms with van der Waals surface area (Å²) in [6, 6.07) is 10.7. The summed E-state index contributed by atoms with van der Waals surface area (Å²) in [5.74, 6) is -1.40. The van der Waals surface area contributed by atoms with Crippen LogP contribution in [-0.2, 0) is 11.3 Å². The van der Waals surface area contributed by atoms with Gasteiger partial charge in [0.15, 0.2) is 0 Å². The molecule has 0 aliphatic carbocycles. The Morgan fingerprint density at radius 2 is 2.12 bits per heavy atom. The Labute approximate surface area is 162 Å². The minimum absolute atomic E-state index is 0.228. The molecular weight excluding hydrogens is 425 g/mol. The van der Waals surface area contributed by atoms with Gasteiger partial charge in [-0.05, 0) is 36.8 Å². The van der Waals surface area contributed by atoms with Crippen molar-refractivity contribution in [2.45, 2.75) is 18.4 Å². The molecule has 25 heavy (non-hydrogen) atoms. The van der Waals surface area contributed by atoms with Gasteiger partial charge in [0.2, 0.25) is 0 Å². The molecule has 128 valence electrons. The van der Waals surface area contributed by atoms with Gasteiger partial charge in [0.25, 0.3) is 0 Å². The number of fused-ring (bicyclic) bond motifs is 1. The number of aryl methyl sites for hydroxylation is 1. The van der Waals surface area contributed by atoms with E-state index in [0.29, 0.717) is 19.9 Å². The van der Waals surface area contributed by atoms with Crippen molar-refractivity contribution < 1.29 is 14.3 Å². The first-order chi connectivity index (χ1) is 11.8. The van der Waals surface area contributed by atoms with E-state index in [0.717, 1.165) is 22.2 Å². The number of halogens is 2. The summed E-state index contributed by atoms with van der Waals surface area (Å²) in [4.78, 5) is 14.6. The first kappa shape index (κ1) is 18.1. The number of hydrogen-bond acceptors (Lipinski definition) is 3. The Hall–Kier alpha value is -1.70. The van der Waals surface area contributed by atoms with Gasteiger partial charge in [-0.1, -0.05) is 52.0 Å². The van der Waals surface area contributed by atoms with Crippen molar-refractivity contribution in [1.82, 2.24) is 0 Å². The molecule has 3 rings (SSSR count). The maximum absolute atomic E-state index is 14.3. The molecule has 3 nitrogen and oxygen atoms in total. The van der Waals surface area contributed by atoms with Gasteiger partial charge in [-0.25, -0.2) is 9.18 Å². The quantitative estimate of drug-likeness (QED) is 0.520. The zero-order valence-electron chi connectivity index (χ0n) is 13.1. The Morgan fingerprint density at radius 1 is 1.36 bits per heavy atom. The van der Waals surface area contributed by atoms with E-state index in [4.69, 9.17) is 17.3 Å². The third-order valence-electron chi connectivity index (χ3n) is 3.68. The topological polar surface area (TPSA) is 40.5 Å². The average molecular weight is 438 g/mol. The fourth-order valence-corrected chi connectivity index (χ4v) is 4.19. The largest absolute Gasteiger partial charge is 0.478 e. The van der Waals surface area contributed by atoms with Crippen molar-refractivity contribution in [3.63, 3.8) is 0 Å². The predicted octanol–water partition coefficient (Wildman–Crippen LogP) is 5.30. The lowest BCUT2D eigenvalue weighted by Crippen LogP contribution is -2.33. The minimum atomic E-state index is -1.06. The molecule has 1 aliphatic heterocycles. The zero-order valence-corrected chi connectivity index (χ0v) is 16.3. The van der Waals surface area contributed by atoms with E-state index in [1.807, 2.05) is 25.1 Å². The van der Waals surface area contributed by atoms with Crippen molar-refractivity contribution >= 4 is 56.6 Å². The Bertz CT molecular complexity index is 914. The summed E-state index contributed by atoms with van der Waals surface area (Å²) in [6.45, 7) is 2.20. The minimum Gasteiger partial charge on any atom is -0.478 e. The van der Waals surface area contributed by atoms with Crippen molar-refractivity contribution in [2.75, 3.05) is 4.90 Å². The van der Waals surface area contributed by atoms with Crippen LogP contribution in [-0.4, -0.2) is 16.1 Å². The van der Waals surface area contributed by atoms with E-state index in [1.54, 1.807) is 17.0 Å². The van der Waals surface area contributed by atoms with E-state index in [2.05, 4.69) is 15.9 Å². The van der Waals surface area contributed by atoms with Crippen LogP contribution in [0.25, 0.3) is 0 Å². The first-order valence-electron chi connectivity index (χ1n) is 7.34. The van der Waals surface area contributed by atoms with Gasteiger partial charge in [-0.15, -0.1) is 0 Å². The summed E-state index contributed by atoms with van der Waals surface area (Å²) in [7, 11) is 0. The molecule has 0 fully saturated rings. The highest BCUT2D eigenvalue weighted by Crippen LogP contribution is 2.43. The van der Waals surface area contributed by atoms with Gasteiger partial charge in [0.1, 0.15) is 10.8 Å². The van der Waals surface area contributed by atoms with Gasteiger partial charge in [0, 0.05) is 21.0 Å². The molecule has 0 radical (unpaired) electrons. The fourth-order valence-electron chi connectivity index (χ4n) is 2.51. The van der Waals surface area contributed by atoms with Gasteiger partial charge in [-0.3, -0.25) is 0 Å². The second kappa shape index (κ2) is 7.27. The first-order valence-corrected chi connectivity index (χ1v) is 9.36. The van der Waals surface area contributed by atoms with Gasteiger partial charge in [-0.2, -0.15) is 0 Å². The van der Waals surface area contributed by atoms with Crippen LogP contribution in [0.3, 0.4) is 0 Å². The summed E-state index contributed by atoms with van der Waals surface area (Å²) < 4.78 is 14.9. The number of thioether (sulfide) groups is 1. The van der Waals surface area contributed by atoms with E-state index in [-0.39, 0.29) is 12.4 Å². The molecule has 1 N–H and O–H groups in total. The number of carboxylic acids is 1. The molecular formula is C18H13BrFNO2S2. The predicted molar refractivity (Wildman–Crippen MR) is 106 cm³/mol. The van der Waals surface area contributed by atoms with E-state index >= 15 is 0 Å². The Kier molecular flexibility index (Phi) is 5.27. The van der Waals surface area contributed by atoms with Crippen LogP contribution in [0.2, 0.25) is 0 Å². The number of rotatable bonds is 3. The molecule has 0 saturated carbocycles. The van der Waals surface area contributed by atoms with Crippen molar-refractivity contribution in [2.24, 2.45) is 0 Å². The number of thiocarbonyl (C=S) groups is 1. The Morgan fingerprint density at radius 3 is 2.80 bits per heavy atom. The number of hydrogen-bond donors (Lipinski definition) is 1. The third kappa shape index (κ3) is 3.94. The fraction of sp³-hybridized carbons (Fsp3) is 0.111. The highest BCUT2D eigenvalue weighted by atomic mass is 79.9. The standard InChI is InChI=1S/C18H13BrFNO2S2/c1-10-2-5-15-14(6-10)21(18(24)16(25-15)8-17(22)23)9-11-3-4-12(19)7-13(11)20/h2-8H,9H2,1H3,(H,22,23)/b16-8-. The highest BCUT2D eigenvalue weighted by molar-refractivity contribution is 9.10. The maximum atomic E-state index is 14.3. The second-order valence-corrected chi connectivity index (χ2v) is 7.93. The van der Waals surface area contributed by atoms with Crippen LogP contribution < -0.4 is 4.90 Å². The normalized spacial score (nSPS) is 15.4. The van der Waals surface area contributed by atoms with Crippen molar-refractivity contribution in [3.8, 4) is 0 Å². The molecule has 0 unspecified atom stereocenters. The number of aliphatic carboxylic acids is 1. The molecule has 1 aliphatic rings. The van der Waals surface area contributed by atoms with E-state index in [1.165, 1.54) is 17.8 Å². The van der Waals surface area contributed by atoms with Gasteiger partial charge in [0.05, 0.1) is 17.1 Å². The number of carbonyl (C=O) groups is 1. The van der Waals surface area contributed by atoms with Gasteiger partial charge < -0.3 is 10.0 Å². The lowest BCUT2D eigenvalue weighted by Gasteiger charge is -2.33. The van der Waals surface area contributed by atoms with Crippen LogP contribution in [0.5, 0.6) is 0 Å². The van der Waals surface area contributed by atoms with Crippen LogP contribution in [0.1, 0.15) is 11.1 Å². The Balaban J connectivity index is 2.07. The number of anilines is 1. The SMILES string of the molecule is Cc1ccc2c(c1)N(Cc1ccc(Br)cc1F)C(=S)/C(=C/C(=O)O)S2. The van der Waals surface area contributed by atoms with Crippen LogP contribution >= 0.6 is 39.9 Å². The summed E-state index contributed by atoms with van der Waals surface area (Å²) in [6.07, 6.45) is 1.10. The lowest BCUT2D eigenvalue weighted by molar-refractivity contribution is -0.131. The van der Waals surface area contributed by atoms with Crippen molar-refractivity contribution in [1.29, 1.82) is 0 Å².